The Bertz CT molecular complexity index is 1290. The zero-order chi connectivity index (χ0) is 21.3. The van der Waals surface area contributed by atoms with Crippen molar-refractivity contribution in [3.63, 3.8) is 0 Å². The highest BCUT2D eigenvalue weighted by Crippen LogP contribution is 2.32. The van der Waals surface area contributed by atoms with Gasteiger partial charge in [0.1, 0.15) is 11.9 Å². The summed E-state index contributed by atoms with van der Waals surface area (Å²) in [5.74, 6) is -0.541. The van der Waals surface area contributed by atoms with E-state index in [1.54, 1.807) is 0 Å². The normalized spacial score (nSPS) is 12.1. The molecule has 4 rings (SSSR count). The van der Waals surface area contributed by atoms with Crippen molar-refractivity contribution < 1.29 is 9.18 Å². The lowest BCUT2D eigenvalue weighted by atomic mass is 10.1. The van der Waals surface area contributed by atoms with Crippen LogP contribution in [-0.4, -0.2) is 20.5 Å². The number of pyridine rings is 1. The molecule has 0 aliphatic carbocycles. The third-order valence-electron chi connectivity index (χ3n) is 4.89. The summed E-state index contributed by atoms with van der Waals surface area (Å²) in [5.41, 5.74) is 4.29. The Balaban J connectivity index is 1.73. The Morgan fingerprint density at radius 3 is 2.70 bits per heavy atom. The van der Waals surface area contributed by atoms with E-state index < -0.39 is 5.25 Å². The van der Waals surface area contributed by atoms with E-state index in [0.717, 1.165) is 21.6 Å². The van der Waals surface area contributed by atoms with E-state index in [1.807, 2.05) is 48.6 Å². The molecule has 2 aromatic heterocycles. The number of carbonyl (C=O) groups is 1. The second-order valence-electron chi connectivity index (χ2n) is 6.86. The number of aryl methyl sites for hydroxylation is 1. The molecule has 0 aliphatic rings. The Hall–Kier alpha value is -3.37. The number of halogens is 1. The molecule has 0 unspecified atom stereocenters. The van der Waals surface area contributed by atoms with Crippen LogP contribution >= 0.6 is 11.8 Å². The van der Waals surface area contributed by atoms with Crippen LogP contribution in [0.15, 0.2) is 59.6 Å². The van der Waals surface area contributed by atoms with Crippen molar-refractivity contribution in [2.24, 2.45) is 0 Å². The van der Waals surface area contributed by atoms with E-state index in [4.69, 9.17) is 0 Å². The number of para-hydroxylation sites is 2. The number of rotatable bonds is 5. The SMILES string of the molecule is CCc1cc(S[C@H](C)C(=O)Nc2ccc(F)cc2)n2c(nc3ccccc32)c1C#N. The fraction of sp³-hybridized carbons (Fsp3) is 0.174. The van der Waals surface area contributed by atoms with E-state index >= 15 is 0 Å². The van der Waals surface area contributed by atoms with Crippen LogP contribution in [0.5, 0.6) is 0 Å². The lowest BCUT2D eigenvalue weighted by Crippen LogP contribution is -2.22. The molecule has 0 bridgehead atoms. The maximum Gasteiger partial charge on any atom is 0.237 e. The van der Waals surface area contributed by atoms with E-state index in [2.05, 4.69) is 16.4 Å². The molecule has 2 aromatic carbocycles. The first-order valence-corrected chi connectivity index (χ1v) is 10.5. The number of amides is 1. The number of nitrogens with one attached hydrogen (secondary N) is 1. The molecule has 0 spiro atoms. The number of nitrogens with zero attached hydrogens (tertiary/aromatic N) is 3. The number of hydrogen-bond donors (Lipinski definition) is 1. The van der Waals surface area contributed by atoms with Crippen LogP contribution in [0.1, 0.15) is 25.0 Å². The third-order valence-corrected chi connectivity index (χ3v) is 6.00. The number of hydrogen-bond acceptors (Lipinski definition) is 4. The number of benzene rings is 2. The van der Waals surface area contributed by atoms with E-state index in [-0.39, 0.29) is 11.7 Å². The molecule has 0 saturated heterocycles. The summed E-state index contributed by atoms with van der Waals surface area (Å²) >= 11 is 1.40. The first kappa shape index (κ1) is 19.9. The van der Waals surface area contributed by atoms with Crippen molar-refractivity contribution in [2.75, 3.05) is 5.32 Å². The Morgan fingerprint density at radius 2 is 2.00 bits per heavy atom. The van der Waals surface area contributed by atoms with Gasteiger partial charge < -0.3 is 5.32 Å². The van der Waals surface area contributed by atoms with E-state index in [1.165, 1.54) is 36.0 Å². The number of fused-ring (bicyclic) bond motifs is 3. The number of thioether (sulfide) groups is 1. The second-order valence-corrected chi connectivity index (χ2v) is 8.23. The van der Waals surface area contributed by atoms with Crippen LogP contribution in [0.3, 0.4) is 0 Å². The topological polar surface area (TPSA) is 70.2 Å². The van der Waals surface area contributed by atoms with Gasteiger partial charge in [-0.05, 0) is 61.4 Å². The summed E-state index contributed by atoms with van der Waals surface area (Å²) in [5, 5.41) is 13.0. The van der Waals surface area contributed by atoms with Crippen LogP contribution in [0.25, 0.3) is 16.7 Å². The smallest absolute Gasteiger partial charge is 0.237 e. The molecule has 0 radical (unpaired) electrons. The fourth-order valence-corrected chi connectivity index (χ4v) is 4.37. The van der Waals surface area contributed by atoms with Gasteiger partial charge in [0, 0.05) is 5.69 Å². The largest absolute Gasteiger partial charge is 0.325 e. The van der Waals surface area contributed by atoms with Gasteiger partial charge in [0.15, 0.2) is 5.65 Å². The number of anilines is 1. The zero-order valence-corrected chi connectivity index (χ0v) is 17.3. The Morgan fingerprint density at radius 1 is 1.27 bits per heavy atom. The summed E-state index contributed by atoms with van der Waals surface area (Å²) < 4.78 is 15.0. The summed E-state index contributed by atoms with van der Waals surface area (Å²) in [4.78, 5) is 17.4. The number of imidazole rings is 1. The quantitative estimate of drug-likeness (QED) is 0.454. The highest BCUT2D eigenvalue weighted by molar-refractivity contribution is 8.00. The molecule has 30 heavy (non-hydrogen) atoms. The molecule has 1 atom stereocenters. The molecule has 0 saturated carbocycles. The van der Waals surface area contributed by atoms with Gasteiger partial charge in [-0.3, -0.25) is 9.20 Å². The van der Waals surface area contributed by atoms with E-state index in [9.17, 15) is 14.4 Å². The monoisotopic (exact) mass is 418 g/mol. The summed E-state index contributed by atoms with van der Waals surface area (Å²) in [6, 6.07) is 17.6. The van der Waals surface area contributed by atoms with Crippen LogP contribution < -0.4 is 5.32 Å². The first-order chi connectivity index (χ1) is 14.5. The molecule has 1 N–H and O–H groups in total. The lowest BCUT2D eigenvalue weighted by molar-refractivity contribution is -0.115. The van der Waals surface area contributed by atoms with Gasteiger partial charge >= 0.3 is 0 Å². The van der Waals surface area contributed by atoms with Gasteiger partial charge in [-0.2, -0.15) is 5.26 Å². The standard InChI is InChI=1S/C23H19FN4OS/c1-3-15-12-21(30-14(2)23(29)26-17-10-8-16(24)9-11-17)28-20-7-5-4-6-19(20)27-22(28)18(15)13-25/h4-12,14H,3H2,1-2H3,(H,26,29)/t14-/m1/s1. The number of aromatic nitrogens is 2. The van der Waals surface area contributed by atoms with Crippen molar-refractivity contribution in [2.45, 2.75) is 30.5 Å². The molecule has 7 heteroatoms. The minimum atomic E-state index is -0.419. The summed E-state index contributed by atoms with van der Waals surface area (Å²) in [6.45, 7) is 3.81. The van der Waals surface area contributed by atoms with Gasteiger partial charge in [-0.1, -0.05) is 30.8 Å². The van der Waals surface area contributed by atoms with Crippen molar-refractivity contribution in [1.29, 1.82) is 5.26 Å². The van der Waals surface area contributed by atoms with Gasteiger partial charge in [0.2, 0.25) is 5.91 Å². The highest BCUT2D eigenvalue weighted by Gasteiger charge is 2.21. The van der Waals surface area contributed by atoms with Gasteiger partial charge in [-0.15, -0.1) is 0 Å². The summed E-state index contributed by atoms with van der Waals surface area (Å²) in [7, 11) is 0. The summed E-state index contributed by atoms with van der Waals surface area (Å²) in [6.07, 6.45) is 0.687. The van der Waals surface area contributed by atoms with E-state index in [0.29, 0.717) is 23.3 Å². The Labute approximate surface area is 177 Å². The molecule has 2 heterocycles. The predicted molar refractivity (Wildman–Crippen MR) is 117 cm³/mol. The molecule has 5 nitrogen and oxygen atoms in total. The lowest BCUT2D eigenvalue weighted by Gasteiger charge is -2.15. The number of nitriles is 1. The maximum atomic E-state index is 13.1. The second kappa shape index (κ2) is 8.17. The van der Waals surface area contributed by atoms with Gasteiger partial charge in [0.05, 0.1) is 26.9 Å². The third kappa shape index (κ3) is 3.62. The zero-order valence-electron chi connectivity index (χ0n) is 16.5. The van der Waals surface area contributed by atoms with Crippen LogP contribution in [0.4, 0.5) is 10.1 Å². The molecular weight excluding hydrogens is 399 g/mol. The fourth-order valence-electron chi connectivity index (χ4n) is 3.35. The van der Waals surface area contributed by atoms with Crippen molar-refractivity contribution >= 4 is 40.0 Å². The minimum Gasteiger partial charge on any atom is -0.325 e. The first-order valence-electron chi connectivity index (χ1n) is 9.58. The van der Waals surface area contributed by atoms with Crippen LogP contribution in [-0.2, 0) is 11.2 Å². The van der Waals surface area contributed by atoms with Gasteiger partial charge in [-0.25, -0.2) is 9.37 Å². The highest BCUT2D eigenvalue weighted by atomic mass is 32.2. The van der Waals surface area contributed by atoms with Gasteiger partial charge in [0.25, 0.3) is 0 Å². The van der Waals surface area contributed by atoms with Crippen LogP contribution in [0.2, 0.25) is 0 Å². The minimum absolute atomic E-state index is 0.188. The molecule has 150 valence electrons. The molecule has 1 amide bonds. The average molecular weight is 418 g/mol. The predicted octanol–water partition coefficient (Wildman–Crippen LogP) is 5.18. The maximum absolute atomic E-state index is 13.1. The molecule has 4 aromatic rings. The average Bonchev–Trinajstić information content (AvgIpc) is 3.14. The van der Waals surface area contributed by atoms with Crippen molar-refractivity contribution in [3.8, 4) is 6.07 Å². The molecular formula is C23H19FN4OS. The molecule has 0 aliphatic heterocycles. The van der Waals surface area contributed by atoms with Crippen LogP contribution in [0, 0.1) is 17.1 Å². The number of carbonyl (C=O) groups excluding carboxylic acids is 1. The van der Waals surface area contributed by atoms with Crippen molar-refractivity contribution in [1.82, 2.24) is 9.38 Å². The molecule has 0 fully saturated rings. The Kier molecular flexibility index (Phi) is 5.42. The van der Waals surface area contributed by atoms with Crippen molar-refractivity contribution in [3.05, 3.63) is 71.5 Å².